The Bertz CT molecular complexity index is 994. The summed E-state index contributed by atoms with van der Waals surface area (Å²) in [6.45, 7) is 2.15. The molecule has 31 heavy (non-hydrogen) atoms. The van der Waals surface area contributed by atoms with E-state index in [-0.39, 0.29) is 11.7 Å². The number of nitrogen functional groups attached to an aromatic ring is 1. The molecule has 5 nitrogen and oxygen atoms in total. The van der Waals surface area contributed by atoms with Crippen molar-refractivity contribution in [3.8, 4) is 0 Å². The lowest BCUT2D eigenvalue weighted by molar-refractivity contribution is 0.102. The topological polar surface area (TPSA) is 73.8 Å². The molecule has 4 rings (SSSR count). The van der Waals surface area contributed by atoms with Crippen LogP contribution in [0.1, 0.15) is 78.2 Å². The van der Waals surface area contributed by atoms with Crippen LogP contribution in [0.15, 0.2) is 59.8 Å². The van der Waals surface area contributed by atoms with E-state index in [1.54, 1.807) is 0 Å². The monoisotopic (exact) mass is 434 g/mol. The van der Waals surface area contributed by atoms with Gasteiger partial charge in [-0.15, -0.1) is 10.2 Å². The van der Waals surface area contributed by atoms with Gasteiger partial charge < -0.3 is 5.84 Å². The van der Waals surface area contributed by atoms with Gasteiger partial charge in [0.15, 0.2) is 11.6 Å². The second-order valence-electron chi connectivity index (χ2n) is 8.45. The average Bonchev–Trinajstić information content (AvgIpc) is 3.17. The van der Waals surface area contributed by atoms with E-state index in [0.29, 0.717) is 23.2 Å². The smallest absolute Gasteiger partial charge is 0.210 e. The number of aromatic nitrogens is 3. The minimum atomic E-state index is 0.0856. The molecule has 0 aliphatic heterocycles. The molecule has 6 heteroatoms. The Balaban J connectivity index is 1.33. The van der Waals surface area contributed by atoms with Gasteiger partial charge in [-0.3, -0.25) is 4.79 Å². The number of thioether (sulfide) groups is 1. The largest absolute Gasteiger partial charge is 0.336 e. The van der Waals surface area contributed by atoms with Crippen LogP contribution in [0.4, 0.5) is 0 Å². The zero-order valence-electron chi connectivity index (χ0n) is 18.0. The minimum Gasteiger partial charge on any atom is -0.336 e. The molecule has 2 N–H and O–H groups in total. The molecule has 1 saturated carbocycles. The van der Waals surface area contributed by atoms with Gasteiger partial charge >= 0.3 is 0 Å². The molecule has 1 atom stereocenters. The Kier molecular flexibility index (Phi) is 7.07. The molecule has 0 saturated heterocycles. The summed E-state index contributed by atoms with van der Waals surface area (Å²) in [6.07, 6.45) is 7.20. The average molecular weight is 435 g/mol. The Morgan fingerprint density at radius 1 is 1.06 bits per heavy atom. The number of carbonyl (C=O) groups is 1. The van der Waals surface area contributed by atoms with Crippen molar-refractivity contribution >= 4 is 17.5 Å². The summed E-state index contributed by atoms with van der Waals surface area (Å²) in [5.74, 6) is 8.26. The van der Waals surface area contributed by atoms with E-state index < -0.39 is 0 Å². The molecular weight excluding hydrogens is 404 g/mol. The van der Waals surface area contributed by atoms with Crippen LogP contribution in [0.25, 0.3) is 0 Å². The predicted molar refractivity (Wildman–Crippen MR) is 126 cm³/mol. The number of nitrogens with zero attached hydrogens (tertiary/aromatic N) is 3. The highest BCUT2D eigenvalue weighted by molar-refractivity contribution is 7.99. The van der Waals surface area contributed by atoms with Gasteiger partial charge in [0, 0.05) is 12.0 Å². The Hall–Kier alpha value is -2.60. The number of rotatable bonds is 8. The molecule has 0 unspecified atom stereocenters. The van der Waals surface area contributed by atoms with E-state index in [1.807, 2.05) is 30.3 Å². The SMILES string of the molecule is C[C@H](Cc1nnc(SCC(=O)c2ccc(C3CCCCC3)cc2)n1N)c1ccccc1. The molecule has 0 radical (unpaired) electrons. The summed E-state index contributed by atoms with van der Waals surface area (Å²) in [4.78, 5) is 12.7. The maximum atomic E-state index is 12.7. The number of carbonyl (C=O) groups excluding carboxylic acids is 1. The zero-order chi connectivity index (χ0) is 21.6. The first-order valence-electron chi connectivity index (χ1n) is 11.1. The third-order valence-electron chi connectivity index (χ3n) is 6.23. The van der Waals surface area contributed by atoms with Crippen molar-refractivity contribution in [2.45, 2.75) is 62.4 Å². The first kappa shape index (κ1) is 21.6. The molecule has 1 heterocycles. The van der Waals surface area contributed by atoms with Crippen molar-refractivity contribution in [2.75, 3.05) is 11.6 Å². The highest BCUT2D eigenvalue weighted by Crippen LogP contribution is 2.32. The lowest BCUT2D eigenvalue weighted by Crippen LogP contribution is -2.16. The van der Waals surface area contributed by atoms with Crippen LogP contribution in [0, 0.1) is 0 Å². The summed E-state index contributed by atoms with van der Waals surface area (Å²) in [5, 5.41) is 9.02. The number of nitrogens with two attached hydrogens (primary N) is 1. The van der Waals surface area contributed by atoms with E-state index in [0.717, 1.165) is 11.4 Å². The number of ketones is 1. The molecular formula is C25H30N4OS. The molecule has 2 aromatic carbocycles. The van der Waals surface area contributed by atoms with Crippen LogP contribution in [-0.4, -0.2) is 26.4 Å². The number of hydrogen-bond donors (Lipinski definition) is 1. The van der Waals surface area contributed by atoms with Gasteiger partial charge in [-0.2, -0.15) is 0 Å². The Labute approximate surface area is 188 Å². The third kappa shape index (κ3) is 5.37. The van der Waals surface area contributed by atoms with E-state index in [1.165, 1.54) is 59.7 Å². The van der Waals surface area contributed by atoms with Gasteiger partial charge in [0.05, 0.1) is 5.75 Å². The van der Waals surface area contributed by atoms with Crippen molar-refractivity contribution in [3.05, 3.63) is 77.1 Å². The van der Waals surface area contributed by atoms with Crippen LogP contribution in [0.5, 0.6) is 0 Å². The van der Waals surface area contributed by atoms with E-state index in [9.17, 15) is 4.79 Å². The summed E-state index contributed by atoms with van der Waals surface area (Å²) >= 11 is 1.34. The molecule has 0 spiro atoms. The lowest BCUT2D eigenvalue weighted by Gasteiger charge is -2.22. The first-order chi connectivity index (χ1) is 15.1. The summed E-state index contributed by atoms with van der Waals surface area (Å²) in [7, 11) is 0. The zero-order valence-corrected chi connectivity index (χ0v) is 18.9. The van der Waals surface area contributed by atoms with Crippen molar-refractivity contribution in [1.29, 1.82) is 0 Å². The van der Waals surface area contributed by atoms with Crippen LogP contribution >= 0.6 is 11.8 Å². The summed E-state index contributed by atoms with van der Waals surface area (Å²) in [5.41, 5.74) is 3.35. The van der Waals surface area contributed by atoms with Gasteiger partial charge in [-0.05, 0) is 35.8 Å². The molecule has 0 amide bonds. The highest BCUT2D eigenvalue weighted by Gasteiger charge is 2.18. The quantitative estimate of drug-likeness (QED) is 0.293. The van der Waals surface area contributed by atoms with Gasteiger partial charge in [-0.1, -0.05) is 92.5 Å². The van der Waals surface area contributed by atoms with E-state index >= 15 is 0 Å². The molecule has 0 bridgehead atoms. The maximum absolute atomic E-state index is 12.7. The molecule has 1 aliphatic carbocycles. The van der Waals surface area contributed by atoms with Crippen molar-refractivity contribution in [2.24, 2.45) is 0 Å². The molecule has 1 fully saturated rings. The molecule has 162 valence electrons. The maximum Gasteiger partial charge on any atom is 0.210 e. The fourth-order valence-corrected chi connectivity index (χ4v) is 5.08. The predicted octanol–water partition coefficient (Wildman–Crippen LogP) is 5.36. The molecule has 1 aliphatic rings. The second-order valence-corrected chi connectivity index (χ2v) is 9.40. The second kappa shape index (κ2) is 10.1. The van der Waals surface area contributed by atoms with Crippen LogP contribution in [0.2, 0.25) is 0 Å². The molecule has 3 aromatic rings. The van der Waals surface area contributed by atoms with Gasteiger partial charge in [0.1, 0.15) is 0 Å². The molecule has 1 aromatic heterocycles. The Morgan fingerprint density at radius 3 is 2.48 bits per heavy atom. The van der Waals surface area contributed by atoms with Gasteiger partial charge in [-0.25, -0.2) is 4.68 Å². The van der Waals surface area contributed by atoms with E-state index in [2.05, 4.69) is 41.4 Å². The highest BCUT2D eigenvalue weighted by atomic mass is 32.2. The van der Waals surface area contributed by atoms with Gasteiger partial charge in [0.2, 0.25) is 5.16 Å². The summed E-state index contributed by atoms with van der Waals surface area (Å²) in [6, 6.07) is 18.5. The summed E-state index contributed by atoms with van der Waals surface area (Å²) < 4.78 is 1.52. The normalized spacial score (nSPS) is 15.6. The van der Waals surface area contributed by atoms with Gasteiger partial charge in [0.25, 0.3) is 0 Å². The van der Waals surface area contributed by atoms with Crippen LogP contribution < -0.4 is 5.84 Å². The minimum absolute atomic E-state index is 0.0856. The number of hydrogen-bond acceptors (Lipinski definition) is 5. The fourth-order valence-electron chi connectivity index (χ4n) is 4.31. The van der Waals surface area contributed by atoms with Crippen LogP contribution in [-0.2, 0) is 6.42 Å². The number of Topliss-reactive ketones (excluding diaryl/α,β-unsaturated/α-hetero) is 1. The fraction of sp³-hybridized carbons (Fsp3) is 0.400. The van der Waals surface area contributed by atoms with E-state index in [4.69, 9.17) is 5.84 Å². The standard InChI is InChI=1S/C25H30N4OS/c1-18(19-8-4-2-5-9-19)16-24-27-28-25(29(24)26)31-17-23(30)22-14-12-21(13-15-22)20-10-6-3-7-11-20/h2,4-5,8-9,12-15,18,20H,3,6-7,10-11,16-17,26H2,1H3/t18-/m1/s1. The van der Waals surface area contributed by atoms with Crippen LogP contribution in [0.3, 0.4) is 0 Å². The number of benzene rings is 2. The Morgan fingerprint density at radius 2 is 1.77 bits per heavy atom. The third-order valence-corrected chi connectivity index (χ3v) is 7.18. The first-order valence-corrected chi connectivity index (χ1v) is 12.1. The lowest BCUT2D eigenvalue weighted by atomic mass is 9.84. The van der Waals surface area contributed by atoms with Crippen molar-refractivity contribution in [1.82, 2.24) is 14.9 Å². The van der Waals surface area contributed by atoms with Crippen molar-refractivity contribution in [3.63, 3.8) is 0 Å². The van der Waals surface area contributed by atoms with Crippen molar-refractivity contribution < 1.29 is 4.79 Å².